The Hall–Kier alpha value is -1.11. The summed E-state index contributed by atoms with van der Waals surface area (Å²) < 4.78 is 22.8. The van der Waals surface area contributed by atoms with Crippen LogP contribution in [0.25, 0.3) is 0 Å². The highest BCUT2D eigenvalue weighted by Gasteiger charge is 2.28. The molecule has 0 aromatic heterocycles. The van der Waals surface area contributed by atoms with Crippen LogP contribution in [0.5, 0.6) is 0 Å². The van der Waals surface area contributed by atoms with Crippen molar-refractivity contribution in [2.45, 2.75) is 25.2 Å². The van der Waals surface area contributed by atoms with Crippen LogP contribution >= 0.6 is 11.6 Å². The number of nitrogens with two attached hydrogens (primary N) is 1. The van der Waals surface area contributed by atoms with Gasteiger partial charge in [0.25, 0.3) is 5.91 Å². The third kappa shape index (κ3) is 3.56. The number of hydrogen-bond donors (Lipinski definition) is 1. The Balaban J connectivity index is 2.31. The molecular formula is C14H19ClN2O3S. The summed E-state index contributed by atoms with van der Waals surface area (Å²) in [6.45, 7) is 5.57. The van der Waals surface area contributed by atoms with E-state index in [4.69, 9.17) is 16.7 Å². The quantitative estimate of drug-likeness (QED) is 0.901. The molecule has 1 aliphatic rings. The van der Waals surface area contributed by atoms with Crippen molar-refractivity contribution >= 4 is 27.5 Å². The molecule has 5 nitrogen and oxygen atoms in total. The van der Waals surface area contributed by atoms with Crippen molar-refractivity contribution in [1.82, 2.24) is 4.90 Å². The molecule has 1 fully saturated rings. The number of nitrogens with zero attached hydrogens (tertiary/aromatic N) is 1. The van der Waals surface area contributed by atoms with Crippen LogP contribution in [-0.4, -0.2) is 32.3 Å². The van der Waals surface area contributed by atoms with Crippen LogP contribution in [0.3, 0.4) is 0 Å². The number of piperidine rings is 1. The van der Waals surface area contributed by atoms with E-state index in [0.717, 1.165) is 6.42 Å². The van der Waals surface area contributed by atoms with Crippen molar-refractivity contribution in [2.24, 2.45) is 17.0 Å². The maximum absolute atomic E-state index is 12.6. The summed E-state index contributed by atoms with van der Waals surface area (Å²) in [5.41, 5.74) is 0.185. The summed E-state index contributed by atoms with van der Waals surface area (Å²) in [5.74, 6) is 0.729. The average Bonchev–Trinajstić information content (AvgIpc) is 2.40. The van der Waals surface area contributed by atoms with Gasteiger partial charge in [0.1, 0.15) is 0 Å². The number of halogens is 1. The number of carbonyl (C=O) groups is 1. The second-order valence-corrected chi connectivity index (χ2v) is 7.65. The molecule has 1 saturated heterocycles. The van der Waals surface area contributed by atoms with E-state index in [0.29, 0.717) is 24.9 Å². The number of primary sulfonamides is 1. The minimum absolute atomic E-state index is 0.103. The molecule has 116 valence electrons. The Morgan fingerprint density at radius 3 is 2.57 bits per heavy atom. The molecule has 0 bridgehead atoms. The van der Waals surface area contributed by atoms with Crippen LogP contribution in [0, 0.1) is 11.8 Å². The number of likely N-dealkylation sites (tertiary alicyclic amines) is 1. The lowest BCUT2D eigenvalue weighted by Crippen LogP contribution is -2.42. The van der Waals surface area contributed by atoms with Crippen molar-refractivity contribution in [3.05, 3.63) is 28.8 Å². The molecule has 2 rings (SSSR count). The zero-order valence-corrected chi connectivity index (χ0v) is 13.6. The number of benzene rings is 1. The van der Waals surface area contributed by atoms with Crippen LogP contribution in [0.1, 0.15) is 30.6 Å². The Morgan fingerprint density at radius 2 is 2.00 bits per heavy atom. The monoisotopic (exact) mass is 330 g/mol. The SMILES string of the molecule is CC1CCN(C(=O)c2cc(S(N)(=O)=O)ccc2Cl)CC1C. The first-order valence-corrected chi connectivity index (χ1v) is 8.74. The van der Waals surface area contributed by atoms with Crippen LogP contribution in [0.15, 0.2) is 23.1 Å². The topological polar surface area (TPSA) is 80.5 Å². The van der Waals surface area contributed by atoms with Crippen molar-refractivity contribution in [3.63, 3.8) is 0 Å². The fourth-order valence-corrected chi connectivity index (χ4v) is 3.20. The van der Waals surface area contributed by atoms with Gasteiger partial charge in [0, 0.05) is 13.1 Å². The lowest BCUT2D eigenvalue weighted by molar-refractivity contribution is 0.0627. The van der Waals surface area contributed by atoms with Gasteiger partial charge in [0.2, 0.25) is 10.0 Å². The summed E-state index contributed by atoms with van der Waals surface area (Å²) >= 11 is 6.04. The van der Waals surface area contributed by atoms with Gasteiger partial charge in [-0.25, -0.2) is 13.6 Å². The van der Waals surface area contributed by atoms with Gasteiger partial charge in [-0.15, -0.1) is 0 Å². The van der Waals surface area contributed by atoms with E-state index in [1.807, 2.05) is 0 Å². The Bertz CT molecular complexity index is 660. The van der Waals surface area contributed by atoms with E-state index < -0.39 is 10.0 Å². The molecule has 2 N–H and O–H groups in total. The molecule has 1 aromatic carbocycles. The molecule has 1 aromatic rings. The summed E-state index contributed by atoms with van der Waals surface area (Å²) in [5, 5.41) is 5.33. The maximum atomic E-state index is 12.6. The third-order valence-electron chi connectivity index (χ3n) is 4.12. The van der Waals surface area contributed by atoms with Crippen molar-refractivity contribution in [2.75, 3.05) is 13.1 Å². The summed E-state index contributed by atoms with van der Waals surface area (Å²) in [4.78, 5) is 14.2. The van der Waals surface area contributed by atoms with E-state index in [2.05, 4.69) is 13.8 Å². The number of rotatable bonds is 2. The van der Waals surface area contributed by atoms with Gasteiger partial charge in [0.15, 0.2) is 0 Å². The predicted octanol–water partition coefficient (Wildman–Crippen LogP) is 2.11. The molecule has 21 heavy (non-hydrogen) atoms. The summed E-state index contributed by atoms with van der Waals surface area (Å²) in [7, 11) is -3.86. The lowest BCUT2D eigenvalue weighted by atomic mass is 9.88. The zero-order chi connectivity index (χ0) is 15.8. The van der Waals surface area contributed by atoms with Crippen LogP contribution < -0.4 is 5.14 Å². The van der Waals surface area contributed by atoms with Gasteiger partial charge < -0.3 is 4.90 Å². The third-order valence-corrected chi connectivity index (χ3v) is 5.36. The predicted molar refractivity (Wildman–Crippen MR) is 81.7 cm³/mol. The number of sulfonamides is 1. The molecule has 1 amide bonds. The molecule has 1 aliphatic heterocycles. The standard InChI is InChI=1S/C14H19ClN2O3S/c1-9-5-6-17(8-10(9)2)14(18)12-7-11(21(16,19)20)3-4-13(12)15/h3-4,7,9-10H,5-6,8H2,1-2H3,(H2,16,19,20). The van der Waals surface area contributed by atoms with Crippen molar-refractivity contribution in [1.29, 1.82) is 0 Å². The number of carbonyl (C=O) groups excluding carboxylic acids is 1. The van der Waals surface area contributed by atoms with Crippen LogP contribution in [0.2, 0.25) is 5.02 Å². The molecule has 7 heteroatoms. The Morgan fingerprint density at radius 1 is 1.33 bits per heavy atom. The largest absolute Gasteiger partial charge is 0.338 e. The first kappa shape index (κ1) is 16.3. The van der Waals surface area contributed by atoms with Crippen LogP contribution in [-0.2, 0) is 10.0 Å². The highest BCUT2D eigenvalue weighted by molar-refractivity contribution is 7.89. The zero-order valence-electron chi connectivity index (χ0n) is 12.0. The van der Waals surface area contributed by atoms with Crippen LogP contribution in [0.4, 0.5) is 0 Å². The highest BCUT2D eigenvalue weighted by atomic mass is 35.5. The van der Waals surface area contributed by atoms with Gasteiger partial charge in [-0.1, -0.05) is 25.4 Å². The molecular weight excluding hydrogens is 312 g/mol. The van der Waals surface area contributed by atoms with Gasteiger partial charge in [-0.3, -0.25) is 4.79 Å². The van der Waals surface area contributed by atoms with Crippen molar-refractivity contribution in [3.8, 4) is 0 Å². The average molecular weight is 331 g/mol. The van der Waals surface area contributed by atoms with Gasteiger partial charge in [-0.05, 0) is 36.5 Å². The number of amides is 1. The molecule has 0 radical (unpaired) electrons. The molecule has 2 atom stereocenters. The summed E-state index contributed by atoms with van der Waals surface area (Å²) in [6, 6.07) is 3.95. The van der Waals surface area contributed by atoms with Crippen molar-refractivity contribution < 1.29 is 13.2 Å². The van der Waals surface area contributed by atoms with Gasteiger partial charge in [-0.2, -0.15) is 0 Å². The van der Waals surface area contributed by atoms with Gasteiger partial charge >= 0.3 is 0 Å². The minimum Gasteiger partial charge on any atom is -0.338 e. The molecule has 0 aliphatic carbocycles. The molecule has 0 spiro atoms. The number of hydrogen-bond acceptors (Lipinski definition) is 3. The second kappa shape index (κ2) is 5.94. The molecule has 2 unspecified atom stereocenters. The van der Waals surface area contributed by atoms with Gasteiger partial charge in [0.05, 0.1) is 15.5 Å². The van der Waals surface area contributed by atoms with E-state index >= 15 is 0 Å². The summed E-state index contributed by atoms with van der Waals surface area (Å²) in [6.07, 6.45) is 0.930. The fraction of sp³-hybridized carbons (Fsp3) is 0.500. The Labute approximate surface area is 130 Å². The van der Waals surface area contributed by atoms with E-state index in [9.17, 15) is 13.2 Å². The van der Waals surface area contributed by atoms with E-state index in [-0.39, 0.29) is 21.4 Å². The highest BCUT2D eigenvalue weighted by Crippen LogP contribution is 2.26. The van der Waals surface area contributed by atoms with E-state index in [1.54, 1.807) is 4.90 Å². The first-order valence-electron chi connectivity index (χ1n) is 6.81. The smallest absolute Gasteiger partial charge is 0.255 e. The van der Waals surface area contributed by atoms with E-state index in [1.165, 1.54) is 18.2 Å². The second-order valence-electron chi connectivity index (χ2n) is 5.68. The fourth-order valence-electron chi connectivity index (χ4n) is 2.46. The first-order chi connectivity index (χ1) is 9.70. The minimum atomic E-state index is -3.86. The Kier molecular flexibility index (Phi) is 4.60. The molecule has 0 saturated carbocycles. The molecule has 1 heterocycles. The maximum Gasteiger partial charge on any atom is 0.255 e. The lowest BCUT2D eigenvalue weighted by Gasteiger charge is -2.35. The normalized spacial score (nSPS) is 23.1.